The predicted octanol–water partition coefficient (Wildman–Crippen LogP) is 0.825. The molecule has 0 unspecified atom stereocenters. The highest BCUT2D eigenvalue weighted by atomic mass is 16.2. The van der Waals surface area contributed by atoms with Gasteiger partial charge in [-0.25, -0.2) is 4.79 Å². The number of rotatable bonds is 3. The first-order valence-electron chi connectivity index (χ1n) is 5.23. The van der Waals surface area contributed by atoms with E-state index in [9.17, 15) is 9.59 Å². The van der Waals surface area contributed by atoms with Crippen LogP contribution in [0.25, 0.3) is 0 Å². The maximum atomic E-state index is 11.7. The van der Waals surface area contributed by atoms with E-state index in [-0.39, 0.29) is 18.1 Å². The standard InChI is InChI=1S/C12H13N3O2/c1-14-7-8-15(12(14)17)9-11(16)13-10-5-3-2-4-6-10/h2-8H,9H2,1H3,(H,13,16). The molecule has 88 valence electrons. The van der Waals surface area contributed by atoms with E-state index in [1.165, 1.54) is 9.13 Å². The zero-order valence-electron chi connectivity index (χ0n) is 9.46. The number of hydrogen-bond acceptors (Lipinski definition) is 2. The van der Waals surface area contributed by atoms with Gasteiger partial charge in [0.1, 0.15) is 6.54 Å². The zero-order chi connectivity index (χ0) is 12.3. The predicted molar refractivity (Wildman–Crippen MR) is 64.7 cm³/mol. The Kier molecular flexibility index (Phi) is 3.09. The summed E-state index contributed by atoms with van der Waals surface area (Å²) in [5, 5.41) is 2.72. The van der Waals surface area contributed by atoms with E-state index < -0.39 is 0 Å². The third-order valence-electron chi connectivity index (χ3n) is 2.39. The van der Waals surface area contributed by atoms with Crippen LogP contribution in [0.15, 0.2) is 47.5 Å². The lowest BCUT2D eigenvalue weighted by atomic mass is 10.3. The summed E-state index contributed by atoms with van der Waals surface area (Å²) in [4.78, 5) is 23.2. The molecule has 1 heterocycles. The highest BCUT2D eigenvalue weighted by molar-refractivity contribution is 5.90. The first-order valence-corrected chi connectivity index (χ1v) is 5.23. The Labute approximate surface area is 98.3 Å². The summed E-state index contributed by atoms with van der Waals surface area (Å²) in [6, 6.07) is 9.14. The van der Waals surface area contributed by atoms with Crippen LogP contribution in [0.4, 0.5) is 5.69 Å². The molecule has 2 aromatic rings. The first kappa shape index (κ1) is 11.2. The fraction of sp³-hybridized carbons (Fsp3) is 0.167. The van der Waals surface area contributed by atoms with Crippen molar-refractivity contribution in [3.63, 3.8) is 0 Å². The van der Waals surface area contributed by atoms with Crippen LogP contribution in [0.1, 0.15) is 0 Å². The van der Waals surface area contributed by atoms with Gasteiger partial charge in [0.2, 0.25) is 5.91 Å². The molecule has 0 saturated carbocycles. The highest BCUT2D eigenvalue weighted by Crippen LogP contribution is 2.04. The smallest absolute Gasteiger partial charge is 0.325 e. The summed E-state index contributed by atoms with van der Waals surface area (Å²) < 4.78 is 2.79. The molecule has 17 heavy (non-hydrogen) atoms. The van der Waals surface area contributed by atoms with Gasteiger partial charge in [0, 0.05) is 25.1 Å². The zero-order valence-corrected chi connectivity index (χ0v) is 9.46. The monoisotopic (exact) mass is 231 g/mol. The quantitative estimate of drug-likeness (QED) is 0.850. The van der Waals surface area contributed by atoms with Crippen molar-refractivity contribution in [1.82, 2.24) is 9.13 Å². The van der Waals surface area contributed by atoms with Gasteiger partial charge in [-0.2, -0.15) is 0 Å². The number of aromatic nitrogens is 2. The number of anilines is 1. The average molecular weight is 231 g/mol. The van der Waals surface area contributed by atoms with Gasteiger partial charge in [0.15, 0.2) is 0 Å². The van der Waals surface area contributed by atoms with Crippen molar-refractivity contribution in [3.05, 3.63) is 53.2 Å². The number of aryl methyl sites for hydroxylation is 1. The summed E-state index contributed by atoms with van der Waals surface area (Å²) in [5.74, 6) is -0.218. The largest absolute Gasteiger partial charge is 0.328 e. The van der Waals surface area contributed by atoms with Gasteiger partial charge in [0.25, 0.3) is 0 Å². The van der Waals surface area contributed by atoms with E-state index in [2.05, 4.69) is 5.32 Å². The van der Waals surface area contributed by atoms with Gasteiger partial charge < -0.3 is 9.88 Å². The van der Waals surface area contributed by atoms with Crippen molar-refractivity contribution in [2.45, 2.75) is 6.54 Å². The van der Waals surface area contributed by atoms with E-state index in [0.29, 0.717) is 0 Å². The highest BCUT2D eigenvalue weighted by Gasteiger charge is 2.06. The number of nitrogens with one attached hydrogen (secondary N) is 1. The van der Waals surface area contributed by atoms with Crippen LogP contribution in [-0.4, -0.2) is 15.0 Å². The normalized spacial score (nSPS) is 10.2. The third kappa shape index (κ3) is 2.63. The second kappa shape index (κ2) is 4.69. The van der Waals surface area contributed by atoms with Gasteiger partial charge in [-0.15, -0.1) is 0 Å². The topological polar surface area (TPSA) is 56.0 Å². The van der Waals surface area contributed by atoms with E-state index >= 15 is 0 Å². The Bertz CT molecular complexity index is 569. The van der Waals surface area contributed by atoms with Crippen LogP contribution >= 0.6 is 0 Å². The number of nitrogens with zero attached hydrogens (tertiary/aromatic N) is 2. The Morgan fingerprint density at radius 3 is 2.53 bits per heavy atom. The second-order valence-electron chi connectivity index (χ2n) is 3.73. The molecule has 0 spiro atoms. The minimum absolute atomic E-state index is 0.0224. The van der Waals surface area contributed by atoms with Gasteiger partial charge >= 0.3 is 5.69 Å². The minimum atomic E-state index is -0.218. The van der Waals surface area contributed by atoms with Crippen LogP contribution in [0, 0.1) is 0 Å². The number of benzene rings is 1. The van der Waals surface area contributed by atoms with Gasteiger partial charge in [-0.05, 0) is 12.1 Å². The molecule has 1 N–H and O–H groups in total. The molecule has 1 aromatic heterocycles. The number of hydrogen-bond donors (Lipinski definition) is 1. The summed E-state index contributed by atoms with van der Waals surface area (Å²) in [5.41, 5.74) is 0.523. The maximum Gasteiger partial charge on any atom is 0.328 e. The molecule has 0 bridgehead atoms. The summed E-state index contributed by atoms with van der Waals surface area (Å²) in [7, 11) is 1.65. The maximum absolute atomic E-state index is 11.7. The van der Waals surface area contributed by atoms with Crippen molar-refractivity contribution in [1.29, 1.82) is 0 Å². The molecule has 5 nitrogen and oxygen atoms in total. The van der Waals surface area contributed by atoms with Crippen molar-refractivity contribution in [2.24, 2.45) is 7.05 Å². The summed E-state index contributed by atoms with van der Waals surface area (Å²) >= 11 is 0. The molecule has 0 atom stereocenters. The molecular formula is C12H13N3O2. The number of carbonyl (C=O) groups excluding carboxylic acids is 1. The lowest BCUT2D eigenvalue weighted by Gasteiger charge is -2.04. The van der Waals surface area contributed by atoms with Crippen molar-refractivity contribution < 1.29 is 4.79 Å². The fourth-order valence-corrected chi connectivity index (χ4v) is 1.51. The van der Waals surface area contributed by atoms with Crippen LogP contribution in [0.5, 0.6) is 0 Å². The SMILES string of the molecule is Cn1ccn(CC(=O)Nc2ccccc2)c1=O. The number of amides is 1. The van der Waals surface area contributed by atoms with Gasteiger partial charge in [-0.3, -0.25) is 9.36 Å². The Hall–Kier alpha value is -2.30. The van der Waals surface area contributed by atoms with E-state index in [0.717, 1.165) is 5.69 Å². The Morgan fingerprint density at radius 2 is 1.94 bits per heavy atom. The molecule has 0 aliphatic heterocycles. The van der Waals surface area contributed by atoms with Crippen LogP contribution in [-0.2, 0) is 18.4 Å². The summed E-state index contributed by atoms with van der Waals surface area (Å²) in [6.07, 6.45) is 3.21. The van der Waals surface area contributed by atoms with Crippen molar-refractivity contribution >= 4 is 11.6 Å². The molecule has 1 aromatic carbocycles. The molecule has 5 heteroatoms. The average Bonchev–Trinajstić information content (AvgIpc) is 2.62. The fourth-order valence-electron chi connectivity index (χ4n) is 1.51. The van der Waals surface area contributed by atoms with Gasteiger partial charge in [0.05, 0.1) is 0 Å². The minimum Gasteiger partial charge on any atom is -0.325 e. The number of para-hydroxylation sites is 1. The Balaban J connectivity index is 2.03. The van der Waals surface area contributed by atoms with Crippen LogP contribution in [0.3, 0.4) is 0 Å². The third-order valence-corrected chi connectivity index (χ3v) is 2.39. The molecular weight excluding hydrogens is 218 g/mol. The van der Waals surface area contributed by atoms with E-state index in [1.54, 1.807) is 31.6 Å². The lowest BCUT2D eigenvalue weighted by molar-refractivity contribution is -0.116. The van der Waals surface area contributed by atoms with Crippen molar-refractivity contribution in [3.8, 4) is 0 Å². The molecule has 0 radical (unpaired) electrons. The number of carbonyl (C=O) groups is 1. The molecule has 0 fully saturated rings. The molecule has 1 amide bonds. The number of imidazole rings is 1. The lowest BCUT2D eigenvalue weighted by Crippen LogP contribution is -2.28. The van der Waals surface area contributed by atoms with Crippen molar-refractivity contribution in [2.75, 3.05) is 5.32 Å². The molecule has 0 aliphatic rings. The summed E-state index contributed by atoms with van der Waals surface area (Å²) in [6.45, 7) is 0.0224. The molecule has 2 rings (SSSR count). The van der Waals surface area contributed by atoms with Crippen LogP contribution < -0.4 is 11.0 Å². The molecule has 0 saturated heterocycles. The second-order valence-corrected chi connectivity index (χ2v) is 3.73. The van der Waals surface area contributed by atoms with E-state index in [1.807, 2.05) is 18.2 Å². The first-order chi connectivity index (χ1) is 8.16. The molecule has 0 aliphatic carbocycles. The Morgan fingerprint density at radius 1 is 1.24 bits per heavy atom. The van der Waals surface area contributed by atoms with E-state index in [4.69, 9.17) is 0 Å². The van der Waals surface area contributed by atoms with Gasteiger partial charge in [-0.1, -0.05) is 18.2 Å². The van der Waals surface area contributed by atoms with Crippen LogP contribution in [0.2, 0.25) is 0 Å².